The maximum Gasteiger partial charge on any atom is 0.171 e. The van der Waals surface area contributed by atoms with Crippen LogP contribution >= 0.6 is 0 Å². The molecule has 0 bridgehead atoms. The second-order valence-corrected chi connectivity index (χ2v) is 8.30. The van der Waals surface area contributed by atoms with Gasteiger partial charge in [0.2, 0.25) is 0 Å². The molecule has 0 fully saturated rings. The fourth-order valence-corrected chi connectivity index (χ4v) is 4.61. The molecule has 34 heavy (non-hydrogen) atoms. The van der Waals surface area contributed by atoms with Gasteiger partial charge in [0.15, 0.2) is 11.3 Å². The molecule has 0 aliphatic rings. The van der Waals surface area contributed by atoms with Gasteiger partial charge in [-0.05, 0) is 44.2 Å². The van der Waals surface area contributed by atoms with Crippen LogP contribution in [0.4, 0.5) is 0 Å². The quantitative estimate of drug-likeness (QED) is 0.382. The normalized spacial score (nSPS) is 11.8. The third-order valence-corrected chi connectivity index (χ3v) is 6.19. The highest BCUT2D eigenvalue weighted by Gasteiger charge is 2.17. The Kier molecular flexibility index (Phi) is 3.81. The van der Waals surface area contributed by atoms with E-state index in [1.54, 1.807) is 0 Å². The molecule has 0 saturated heterocycles. The van der Waals surface area contributed by atoms with Crippen LogP contribution in [-0.4, -0.2) is 39.2 Å². The number of benzene rings is 3. The summed E-state index contributed by atoms with van der Waals surface area (Å²) in [4.78, 5) is 9.98. The molecule has 0 unspecified atom stereocenters. The molecule has 162 valence electrons. The van der Waals surface area contributed by atoms with E-state index in [1.807, 2.05) is 77.2 Å². The Morgan fingerprint density at radius 1 is 0.529 bits per heavy atom. The molecule has 4 aromatic heterocycles. The number of hydrogen-bond donors (Lipinski definition) is 0. The molecule has 0 radical (unpaired) electrons. The minimum Gasteiger partial charge on any atom is -0.262 e. The van der Waals surface area contributed by atoms with Crippen molar-refractivity contribution >= 4 is 33.1 Å². The Morgan fingerprint density at radius 3 is 1.50 bits per heavy atom. The second kappa shape index (κ2) is 6.89. The number of nitrogens with zero attached hydrogens (tertiary/aromatic N) is 8. The van der Waals surface area contributed by atoms with Crippen LogP contribution in [0, 0.1) is 13.8 Å². The zero-order chi connectivity index (χ0) is 22.8. The topological polar surface area (TPSA) is 86.2 Å². The minimum absolute atomic E-state index is 0.787. The predicted octanol–water partition coefficient (Wildman–Crippen LogP) is 4.82. The number of hydrogen-bond acceptors (Lipinski definition) is 6. The summed E-state index contributed by atoms with van der Waals surface area (Å²) < 4.78 is 4.02. The van der Waals surface area contributed by atoms with Crippen LogP contribution in [0.25, 0.3) is 55.9 Å². The lowest BCUT2D eigenvalue weighted by Gasteiger charge is -2.12. The first-order chi connectivity index (χ1) is 16.7. The number of aromatic nitrogens is 8. The number of para-hydroxylation sites is 2. The smallest absolute Gasteiger partial charge is 0.171 e. The van der Waals surface area contributed by atoms with Gasteiger partial charge in [-0.1, -0.05) is 42.5 Å². The summed E-state index contributed by atoms with van der Waals surface area (Å²) in [5, 5.41) is 19.5. The van der Waals surface area contributed by atoms with Gasteiger partial charge in [-0.15, -0.1) is 20.4 Å². The van der Waals surface area contributed by atoms with Crippen LogP contribution in [0.1, 0.15) is 11.6 Å². The average molecular weight is 442 g/mol. The lowest BCUT2D eigenvalue weighted by atomic mass is 10.1. The highest BCUT2D eigenvalue weighted by atomic mass is 15.3. The van der Waals surface area contributed by atoms with E-state index in [0.29, 0.717) is 0 Å². The molecule has 8 nitrogen and oxygen atoms in total. The van der Waals surface area contributed by atoms with E-state index in [9.17, 15) is 0 Å². The Morgan fingerprint density at radius 2 is 1.00 bits per heavy atom. The highest BCUT2D eigenvalue weighted by molar-refractivity contribution is 5.94. The zero-order valence-corrected chi connectivity index (χ0v) is 18.5. The van der Waals surface area contributed by atoms with Gasteiger partial charge in [-0.3, -0.25) is 8.80 Å². The third kappa shape index (κ3) is 2.59. The van der Waals surface area contributed by atoms with Crippen molar-refractivity contribution in [3.8, 4) is 22.8 Å². The molecule has 8 heteroatoms. The van der Waals surface area contributed by atoms with Crippen molar-refractivity contribution < 1.29 is 0 Å². The van der Waals surface area contributed by atoms with E-state index in [0.717, 1.165) is 67.5 Å². The van der Waals surface area contributed by atoms with Gasteiger partial charge in [-0.2, -0.15) is 0 Å². The van der Waals surface area contributed by atoms with Crippen molar-refractivity contribution in [2.24, 2.45) is 0 Å². The average Bonchev–Trinajstić information content (AvgIpc) is 3.47. The van der Waals surface area contributed by atoms with Crippen LogP contribution in [0.5, 0.6) is 0 Å². The Labute approximate surface area is 193 Å². The molecule has 0 aliphatic carbocycles. The van der Waals surface area contributed by atoms with E-state index in [4.69, 9.17) is 9.97 Å². The van der Waals surface area contributed by atoms with E-state index >= 15 is 0 Å². The number of fused-ring (bicyclic) bond motifs is 6. The molecule has 0 saturated carbocycles. The summed E-state index contributed by atoms with van der Waals surface area (Å²) in [6, 6.07) is 24.2. The van der Waals surface area contributed by atoms with E-state index < -0.39 is 0 Å². The van der Waals surface area contributed by atoms with E-state index in [2.05, 4.69) is 38.6 Å². The summed E-state index contributed by atoms with van der Waals surface area (Å²) >= 11 is 0. The van der Waals surface area contributed by atoms with Gasteiger partial charge < -0.3 is 0 Å². The lowest BCUT2D eigenvalue weighted by molar-refractivity contribution is 0.993. The van der Waals surface area contributed by atoms with Crippen molar-refractivity contribution in [2.75, 3.05) is 0 Å². The second-order valence-electron chi connectivity index (χ2n) is 8.30. The van der Waals surface area contributed by atoms with Crippen LogP contribution < -0.4 is 0 Å². The first-order valence-electron chi connectivity index (χ1n) is 11.0. The Balaban J connectivity index is 1.52. The molecule has 0 atom stereocenters. The monoisotopic (exact) mass is 442 g/mol. The van der Waals surface area contributed by atoms with Crippen molar-refractivity contribution in [3.63, 3.8) is 0 Å². The van der Waals surface area contributed by atoms with E-state index in [-0.39, 0.29) is 0 Å². The van der Waals surface area contributed by atoms with Gasteiger partial charge >= 0.3 is 0 Å². The van der Waals surface area contributed by atoms with Crippen LogP contribution in [-0.2, 0) is 0 Å². The summed E-state index contributed by atoms with van der Waals surface area (Å²) in [7, 11) is 0. The molecule has 4 heterocycles. The van der Waals surface area contributed by atoms with Gasteiger partial charge in [0.1, 0.15) is 23.3 Å². The van der Waals surface area contributed by atoms with Crippen LogP contribution in [0.3, 0.4) is 0 Å². The molecule has 7 rings (SSSR count). The molecule has 0 spiro atoms. The summed E-state index contributed by atoms with van der Waals surface area (Å²) in [6.45, 7) is 3.89. The SMILES string of the molecule is Cc1nnc2c3ccccc3nc(-c3cccc(-c4nc5ccccc5c5nnc(C)n45)c3)n12. The van der Waals surface area contributed by atoms with E-state index in [1.165, 1.54) is 0 Å². The largest absolute Gasteiger partial charge is 0.262 e. The first kappa shape index (κ1) is 18.8. The fourth-order valence-electron chi connectivity index (χ4n) is 4.61. The van der Waals surface area contributed by atoms with Gasteiger partial charge in [-0.25, -0.2) is 9.97 Å². The molecule has 3 aromatic carbocycles. The van der Waals surface area contributed by atoms with Crippen molar-refractivity contribution in [1.82, 2.24) is 39.2 Å². The highest BCUT2D eigenvalue weighted by Crippen LogP contribution is 2.30. The molecular formula is C26H18N8. The molecule has 0 aliphatic heterocycles. The lowest BCUT2D eigenvalue weighted by Crippen LogP contribution is -2.02. The molecular weight excluding hydrogens is 424 g/mol. The third-order valence-electron chi connectivity index (χ3n) is 6.19. The maximum absolute atomic E-state index is 4.99. The number of rotatable bonds is 2. The van der Waals surface area contributed by atoms with Crippen molar-refractivity contribution in [2.45, 2.75) is 13.8 Å². The number of aryl methyl sites for hydroxylation is 2. The van der Waals surface area contributed by atoms with Gasteiger partial charge in [0.25, 0.3) is 0 Å². The Bertz CT molecular complexity index is 1760. The predicted molar refractivity (Wildman–Crippen MR) is 130 cm³/mol. The maximum atomic E-state index is 4.99. The van der Waals surface area contributed by atoms with Crippen LogP contribution in [0.15, 0.2) is 72.8 Å². The summed E-state index contributed by atoms with van der Waals surface area (Å²) in [5.41, 5.74) is 5.25. The molecule has 7 aromatic rings. The first-order valence-corrected chi connectivity index (χ1v) is 11.0. The van der Waals surface area contributed by atoms with Gasteiger partial charge in [0.05, 0.1) is 11.0 Å². The fraction of sp³-hybridized carbons (Fsp3) is 0.0769. The minimum atomic E-state index is 0.787. The molecule has 0 N–H and O–H groups in total. The van der Waals surface area contributed by atoms with Crippen molar-refractivity contribution in [1.29, 1.82) is 0 Å². The zero-order valence-electron chi connectivity index (χ0n) is 18.5. The van der Waals surface area contributed by atoms with Gasteiger partial charge in [0, 0.05) is 21.9 Å². The summed E-state index contributed by atoms with van der Waals surface area (Å²) in [5.74, 6) is 3.15. The molecule has 0 amide bonds. The van der Waals surface area contributed by atoms with Crippen molar-refractivity contribution in [3.05, 3.63) is 84.4 Å². The van der Waals surface area contributed by atoms with Crippen LogP contribution in [0.2, 0.25) is 0 Å². The summed E-state index contributed by atoms with van der Waals surface area (Å²) in [6.07, 6.45) is 0. The Hall–Kier alpha value is -4.72. The standard InChI is InChI=1S/C26H18N8/c1-15-29-31-25-19-10-3-5-12-21(19)27-23(33(15)25)17-8-7-9-18(14-17)24-28-22-13-6-4-11-20(22)26-32-30-16(2)34(24)26/h3-14H,1-2H3.